The van der Waals surface area contributed by atoms with Gasteiger partial charge in [0.05, 0.1) is 10.6 Å². The van der Waals surface area contributed by atoms with Crippen LogP contribution in [0.2, 0.25) is 0 Å². The molecule has 0 aliphatic carbocycles. The van der Waals surface area contributed by atoms with Crippen LogP contribution in [0.25, 0.3) is 0 Å². The Kier molecular flexibility index (Phi) is 3.47. The van der Waals surface area contributed by atoms with E-state index in [4.69, 9.17) is 10.1 Å². The third kappa shape index (κ3) is 3.44. The number of benzene rings is 1. The fraction of sp³-hybridized carbons (Fsp3) is 0. The number of hydrogen-bond donors (Lipinski definition) is 3. The molecule has 0 aliphatic heterocycles. The van der Waals surface area contributed by atoms with Gasteiger partial charge in [-0.1, -0.05) is 6.07 Å². The summed E-state index contributed by atoms with van der Waals surface area (Å²) >= 11 is 0. The molecule has 3 N–H and O–H groups in total. The van der Waals surface area contributed by atoms with Crippen LogP contribution in [0.15, 0.2) is 39.4 Å². The first-order chi connectivity index (χ1) is 7.04. The molecule has 0 saturated heterocycles. The summed E-state index contributed by atoms with van der Waals surface area (Å²) in [5, 5.41) is 6.33. The summed E-state index contributed by atoms with van der Waals surface area (Å²) < 4.78 is 30.3. The molecule has 0 radical (unpaired) electrons. The molecule has 0 spiro atoms. The normalized spacial score (nSPS) is 11.5. The van der Waals surface area contributed by atoms with E-state index in [0.29, 0.717) is 5.69 Å². The van der Waals surface area contributed by atoms with Crippen molar-refractivity contribution in [2.24, 2.45) is 10.2 Å². The van der Waals surface area contributed by atoms with E-state index in [0.717, 1.165) is 6.34 Å². The molecule has 15 heavy (non-hydrogen) atoms. The molecule has 80 valence electrons. The molecule has 0 aliphatic rings. The Bertz CT molecular complexity index is 483. The maximum Gasteiger partial charge on any atom is 0.294 e. The molecular weight excluding hydrogens is 220 g/mol. The van der Waals surface area contributed by atoms with Crippen molar-refractivity contribution in [3.8, 4) is 0 Å². The lowest BCUT2D eigenvalue weighted by Crippen LogP contribution is -1.98. The summed E-state index contributed by atoms with van der Waals surface area (Å²) in [7, 11) is -4.21. The second-order valence-corrected chi connectivity index (χ2v) is 3.91. The largest absolute Gasteiger partial charge is 0.294 e. The van der Waals surface area contributed by atoms with Crippen LogP contribution >= 0.6 is 0 Å². The monoisotopic (exact) mass is 228 g/mol. The molecular formula is C7H8N4O3S. The molecule has 0 aromatic heterocycles. The van der Waals surface area contributed by atoms with Gasteiger partial charge in [-0.15, -0.1) is 5.11 Å². The summed E-state index contributed by atoms with van der Waals surface area (Å²) in [4.78, 5) is -0.231. The van der Waals surface area contributed by atoms with E-state index in [1.165, 1.54) is 18.2 Å². The smallest absolute Gasteiger partial charge is 0.282 e. The fourth-order valence-corrected chi connectivity index (χ4v) is 1.38. The quantitative estimate of drug-likeness (QED) is 0.237. The van der Waals surface area contributed by atoms with Gasteiger partial charge in [-0.05, 0) is 18.2 Å². The van der Waals surface area contributed by atoms with Gasteiger partial charge in [0, 0.05) is 0 Å². The van der Waals surface area contributed by atoms with Gasteiger partial charge in [0.25, 0.3) is 10.1 Å². The Morgan fingerprint density at radius 1 is 1.47 bits per heavy atom. The average Bonchev–Trinajstić information content (AvgIpc) is 2.17. The van der Waals surface area contributed by atoms with E-state index in [1.807, 2.05) is 0 Å². The van der Waals surface area contributed by atoms with E-state index < -0.39 is 10.1 Å². The molecule has 1 aromatic rings. The lowest BCUT2D eigenvalue weighted by molar-refractivity contribution is 0.483. The van der Waals surface area contributed by atoms with E-state index in [1.54, 1.807) is 6.07 Å². The number of nitrogens with zero attached hydrogens (tertiary/aromatic N) is 2. The highest BCUT2D eigenvalue weighted by molar-refractivity contribution is 7.85. The van der Waals surface area contributed by atoms with Gasteiger partial charge in [0.2, 0.25) is 0 Å². The SMILES string of the molecule is N=N/C=N/Nc1cccc(S(=O)(=O)O)c1. The minimum Gasteiger partial charge on any atom is -0.282 e. The Labute approximate surface area is 86.1 Å². The Hall–Kier alpha value is -1.80. The standard InChI is InChI=1S/C7H8N4O3S/c8-9-5-10-11-6-2-1-3-7(4-6)15(12,13)14/h1-5,8,11H,(H,12,13,14)/b9-8?,10-5+. The van der Waals surface area contributed by atoms with Gasteiger partial charge in [-0.25, -0.2) is 5.53 Å². The summed E-state index contributed by atoms with van der Waals surface area (Å²) in [5.41, 5.74) is 9.21. The molecule has 1 rings (SSSR count). The number of nitrogens with one attached hydrogen (secondary N) is 2. The van der Waals surface area contributed by atoms with E-state index in [-0.39, 0.29) is 4.90 Å². The predicted octanol–water partition coefficient (Wildman–Crippen LogP) is 1.32. The fourth-order valence-electron chi connectivity index (χ4n) is 0.858. The summed E-state index contributed by atoms with van der Waals surface area (Å²) in [5.74, 6) is 0. The Morgan fingerprint density at radius 2 is 2.20 bits per heavy atom. The second-order valence-electron chi connectivity index (χ2n) is 2.49. The van der Waals surface area contributed by atoms with Gasteiger partial charge in [-0.2, -0.15) is 13.5 Å². The number of anilines is 1. The maximum absolute atomic E-state index is 10.8. The lowest BCUT2D eigenvalue weighted by Gasteiger charge is -2.01. The maximum atomic E-state index is 10.8. The van der Waals surface area contributed by atoms with Gasteiger partial charge < -0.3 is 0 Å². The number of hydrogen-bond acceptors (Lipinski definition) is 5. The Balaban J connectivity index is 2.93. The van der Waals surface area contributed by atoms with Gasteiger partial charge in [-0.3, -0.25) is 9.98 Å². The number of rotatable bonds is 4. The highest BCUT2D eigenvalue weighted by atomic mass is 32.2. The molecule has 0 bridgehead atoms. The molecule has 8 heteroatoms. The Morgan fingerprint density at radius 3 is 2.80 bits per heavy atom. The highest BCUT2D eigenvalue weighted by Gasteiger charge is 2.08. The minimum atomic E-state index is -4.21. The van der Waals surface area contributed by atoms with Crippen LogP contribution in [0, 0.1) is 5.53 Å². The molecule has 1 aromatic carbocycles. The van der Waals surface area contributed by atoms with E-state index in [2.05, 4.69) is 15.6 Å². The molecule has 0 saturated carbocycles. The topological polar surface area (TPSA) is 115 Å². The summed E-state index contributed by atoms with van der Waals surface area (Å²) in [6.45, 7) is 0. The zero-order valence-corrected chi connectivity index (χ0v) is 8.27. The van der Waals surface area contributed by atoms with Crippen LogP contribution in [0.1, 0.15) is 0 Å². The molecule has 0 heterocycles. The zero-order chi connectivity index (χ0) is 11.3. The molecule has 0 atom stereocenters. The molecule has 0 unspecified atom stereocenters. The summed E-state index contributed by atoms with van der Waals surface area (Å²) in [6, 6.07) is 5.45. The van der Waals surface area contributed by atoms with Crippen molar-refractivity contribution in [1.82, 2.24) is 0 Å². The van der Waals surface area contributed by atoms with Crippen molar-refractivity contribution in [2.75, 3.05) is 5.43 Å². The lowest BCUT2D eigenvalue weighted by atomic mass is 10.3. The zero-order valence-electron chi connectivity index (χ0n) is 7.45. The predicted molar refractivity (Wildman–Crippen MR) is 53.5 cm³/mol. The highest BCUT2D eigenvalue weighted by Crippen LogP contribution is 2.14. The third-order valence-corrected chi connectivity index (χ3v) is 2.29. The molecule has 0 amide bonds. The van der Waals surface area contributed by atoms with E-state index >= 15 is 0 Å². The van der Waals surface area contributed by atoms with Crippen LogP contribution in [0.3, 0.4) is 0 Å². The van der Waals surface area contributed by atoms with Crippen molar-refractivity contribution in [3.63, 3.8) is 0 Å². The van der Waals surface area contributed by atoms with Gasteiger partial charge >= 0.3 is 0 Å². The molecule has 0 fully saturated rings. The summed E-state index contributed by atoms with van der Waals surface area (Å²) in [6.07, 6.45) is 0.945. The van der Waals surface area contributed by atoms with Gasteiger partial charge in [0.15, 0.2) is 6.34 Å². The minimum absolute atomic E-state index is 0.231. The molecule has 7 nitrogen and oxygen atoms in total. The van der Waals surface area contributed by atoms with Crippen molar-refractivity contribution < 1.29 is 13.0 Å². The first kappa shape index (κ1) is 11.3. The second kappa shape index (κ2) is 4.62. The first-order valence-electron chi connectivity index (χ1n) is 3.76. The van der Waals surface area contributed by atoms with Crippen molar-refractivity contribution in [1.29, 1.82) is 5.53 Å². The van der Waals surface area contributed by atoms with Crippen molar-refractivity contribution in [3.05, 3.63) is 24.3 Å². The third-order valence-electron chi connectivity index (χ3n) is 1.44. The van der Waals surface area contributed by atoms with E-state index in [9.17, 15) is 8.42 Å². The van der Waals surface area contributed by atoms with Crippen molar-refractivity contribution in [2.45, 2.75) is 4.90 Å². The van der Waals surface area contributed by atoms with Crippen LogP contribution in [0.4, 0.5) is 5.69 Å². The van der Waals surface area contributed by atoms with Crippen LogP contribution in [-0.4, -0.2) is 19.3 Å². The van der Waals surface area contributed by atoms with Crippen LogP contribution in [0.5, 0.6) is 0 Å². The average molecular weight is 228 g/mol. The van der Waals surface area contributed by atoms with Crippen molar-refractivity contribution >= 4 is 22.1 Å². The van der Waals surface area contributed by atoms with Gasteiger partial charge in [0.1, 0.15) is 0 Å². The first-order valence-corrected chi connectivity index (χ1v) is 5.20. The number of hydrazone groups is 1. The van der Waals surface area contributed by atoms with Crippen LogP contribution < -0.4 is 5.43 Å². The van der Waals surface area contributed by atoms with Crippen LogP contribution in [-0.2, 0) is 10.1 Å².